The van der Waals surface area contributed by atoms with Crippen molar-refractivity contribution in [3.8, 4) is 0 Å². The third kappa shape index (κ3) is 2.02. The van der Waals surface area contributed by atoms with Crippen LogP contribution in [-0.2, 0) is 24.3 Å². The van der Waals surface area contributed by atoms with Crippen LogP contribution in [-0.4, -0.2) is 36.0 Å². The first kappa shape index (κ1) is 12.2. The summed E-state index contributed by atoms with van der Waals surface area (Å²) in [6, 6.07) is 8.36. The quantitative estimate of drug-likeness (QED) is 0.882. The van der Waals surface area contributed by atoms with Gasteiger partial charge in [-0.25, -0.2) is 0 Å². The van der Waals surface area contributed by atoms with E-state index in [0.717, 1.165) is 19.5 Å². The molecule has 0 unspecified atom stereocenters. The van der Waals surface area contributed by atoms with Gasteiger partial charge in [0.05, 0.1) is 0 Å². The Balaban J connectivity index is 2.14. The predicted octanol–water partition coefficient (Wildman–Crippen LogP) is 1.38. The lowest BCUT2D eigenvalue weighted by atomic mass is 10.1. The van der Waals surface area contributed by atoms with Gasteiger partial charge in [-0.15, -0.1) is 0 Å². The molecule has 1 aromatic heterocycles. The zero-order valence-electron chi connectivity index (χ0n) is 11.4. The number of likely N-dealkylation sites (N-methyl/N-ethyl adjacent to an activating group) is 1. The van der Waals surface area contributed by atoms with E-state index in [1.807, 2.05) is 20.2 Å². The zero-order valence-corrected chi connectivity index (χ0v) is 11.4. The molecule has 0 bridgehead atoms. The second-order valence-electron chi connectivity index (χ2n) is 5.24. The third-order valence-electron chi connectivity index (χ3n) is 3.83. The number of carbonyl (C=O) groups excluding carboxylic acids is 1. The van der Waals surface area contributed by atoms with Gasteiger partial charge in [0.2, 0.25) is 5.91 Å². The molecule has 1 amide bonds. The highest BCUT2D eigenvalue weighted by Crippen LogP contribution is 2.28. The summed E-state index contributed by atoms with van der Waals surface area (Å²) in [5.74, 6) is 0.141. The van der Waals surface area contributed by atoms with E-state index in [0.29, 0.717) is 6.54 Å². The highest BCUT2D eigenvalue weighted by Gasteiger charge is 2.20. The van der Waals surface area contributed by atoms with Crippen LogP contribution in [0.25, 0.3) is 10.9 Å². The molecule has 100 valence electrons. The van der Waals surface area contributed by atoms with Crippen LogP contribution in [0.5, 0.6) is 0 Å². The van der Waals surface area contributed by atoms with Crippen LogP contribution in [0, 0.1) is 0 Å². The molecule has 4 nitrogen and oxygen atoms in total. The van der Waals surface area contributed by atoms with Gasteiger partial charge in [0, 0.05) is 50.2 Å². The smallest absolute Gasteiger partial charge is 0.242 e. The number of hydrogen-bond acceptors (Lipinski definition) is 2. The highest BCUT2D eigenvalue weighted by atomic mass is 16.2. The van der Waals surface area contributed by atoms with Crippen molar-refractivity contribution < 1.29 is 4.79 Å². The Morgan fingerprint density at radius 2 is 2.16 bits per heavy atom. The lowest BCUT2D eigenvalue weighted by Gasteiger charge is -2.18. The van der Waals surface area contributed by atoms with Gasteiger partial charge >= 0.3 is 0 Å². The summed E-state index contributed by atoms with van der Waals surface area (Å²) < 4.78 is 2.19. The Bertz CT molecular complexity index is 628. The molecule has 0 aliphatic carbocycles. The van der Waals surface area contributed by atoms with Crippen LogP contribution >= 0.6 is 0 Å². The number of para-hydroxylation sites is 1. The van der Waals surface area contributed by atoms with Gasteiger partial charge < -0.3 is 14.8 Å². The lowest BCUT2D eigenvalue weighted by molar-refractivity contribution is -0.129. The van der Waals surface area contributed by atoms with Crippen molar-refractivity contribution in [2.45, 2.75) is 19.5 Å². The number of amides is 1. The molecule has 4 heteroatoms. The molecule has 1 aliphatic rings. The number of nitrogens with one attached hydrogen (secondary N) is 1. The zero-order chi connectivity index (χ0) is 13.4. The van der Waals surface area contributed by atoms with Crippen molar-refractivity contribution in [3.63, 3.8) is 0 Å². The van der Waals surface area contributed by atoms with Crippen LogP contribution in [0.4, 0.5) is 0 Å². The normalized spacial score (nSPS) is 14.4. The molecule has 1 aromatic carbocycles. The largest absolute Gasteiger partial charge is 0.347 e. The summed E-state index contributed by atoms with van der Waals surface area (Å²) in [6.07, 6.45) is 0.991. The minimum atomic E-state index is 0.141. The molecule has 19 heavy (non-hydrogen) atoms. The van der Waals surface area contributed by atoms with Crippen molar-refractivity contribution in [3.05, 3.63) is 35.5 Å². The van der Waals surface area contributed by atoms with Crippen molar-refractivity contribution in [1.82, 2.24) is 14.8 Å². The van der Waals surface area contributed by atoms with E-state index in [4.69, 9.17) is 0 Å². The highest BCUT2D eigenvalue weighted by molar-refractivity contribution is 5.87. The molecule has 3 rings (SSSR count). The Morgan fingerprint density at radius 3 is 2.95 bits per heavy atom. The molecule has 0 spiro atoms. The Kier molecular flexibility index (Phi) is 3.03. The number of benzene rings is 1. The molecular formula is C15H19N3O. The van der Waals surface area contributed by atoms with Crippen molar-refractivity contribution in [2.24, 2.45) is 0 Å². The second kappa shape index (κ2) is 4.70. The minimum Gasteiger partial charge on any atom is -0.347 e. The van der Waals surface area contributed by atoms with Gasteiger partial charge in [-0.3, -0.25) is 4.79 Å². The molecule has 1 N–H and O–H groups in total. The van der Waals surface area contributed by atoms with Crippen LogP contribution < -0.4 is 5.32 Å². The molecule has 2 aromatic rings. The van der Waals surface area contributed by atoms with Crippen LogP contribution in [0.15, 0.2) is 24.3 Å². The summed E-state index contributed by atoms with van der Waals surface area (Å²) in [6.45, 7) is 2.32. The maximum Gasteiger partial charge on any atom is 0.242 e. The van der Waals surface area contributed by atoms with Gasteiger partial charge in [0.15, 0.2) is 0 Å². The molecule has 0 saturated heterocycles. The van der Waals surface area contributed by atoms with Gasteiger partial charge in [-0.1, -0.05) is 18.2 Å². The number of hydrogen-bond donors (Lipinski definition) is 1. The van der Waals surface area contributed by atoms with E-state index in [1.54, 1.807) is 4.90 Å². The van der Waals surface area contributed by atoms with E-state index in [1.165, 1.54) is 22.2 Å². The molecule has 0 atom stereocenters. The number of fused-ring (bicyclic) bond motifs is 3. The summed E-state index contributed by atoms with van der Waals surface area (Å²) in [4.78, 5) is 13.7. The number of carbonyl (C=O) groups is 1. The molecule has 0 saturated carbocycles. The van der Waals surface area contributed by atoms with Gasteiger partial charge in [-0.2, -0.15) is 0 Å². The summed E-state index contributed by atoms with van der Waals surface area (Å²) in [5, 5.41) is 4.69. The minimum absolute atomic E-state index is 0.141. The van der Waals surface area contributed by atoms with Crippen LogP contribution in [0.1, 0.15) is 11.3 Å². The van der Waals surface area contributed by atoms with Crippen molar-refractivity contribution in [1.29, 1.82) is 0 Å². The first-order valence-corrected chi connectivity index (χ1v) is 6.68. The monoisotopic (exact) mass is 257 g/mol. The first-order chi connectivity index (χ1) is 9.18. The fourth-order valence-corrected chi connectivity index (χ4v) is 2.79. The summed E-state index contributed by atoms with van der Waals surface area (Å²) in [5.41, 5.74) is 3.84. The van der Waals surface area contributed by atoms with E-state index in [9.17, 15) is 4.79 Å². The van der Waals surface area contributed by atoms with E-state index in [-0.39, 0.29) is 5.91 Å². The Morgan fingerprint density at radius 1 is 1.37 bits per heavy atom. The molecule has 0 fully saturated rings. The maximum absolute atomic E-state index is 12.0. The van der Waals surface area contributed by atoms with E-state index in [2.05, 4.69) is 28.1 Å². The van der Waals surface area contributed by atoms with Gasteiger partial charge in [0.25, 0.3) is 0 Å². The number of rotatable bonds is 2. The Labute approximate surface area is 113 Å². The van der Waals surface area contributed by atoms with E-state index < -0.39 is 0 Å². The van der Waals surface area contributed by atoms with E-state index >= 15 is 0 Å². The molecule has 2 heterocycles. The fourth-order valence-electron chi connectivity index (χ4n) is 2.79. The first-order valence-electron chi connectivity index (χ1n) is 6.68. The molecular weight excluding hydrogens is 238 g/mol. The standard InChI is InChI=1S/C15H19N3O/c1-17(2)15(19)10-18-13-6-4-3-5-11(13)12-9-16-8-7-14(12)18/h3-6,16H,7-10H2,1-2H3. The average Bonchev–Trinajstić information content (AvgIpc) is 2.74. The lowest BCUT2D eigenvalue weighted by Crippen LogP contribution is -2.29. The fraction of sp³-hybridized carbons (Fsp3) is 0.400. The maximum atomic E-state index is 12.0. The molecule has 0 radical (unpaired) electrons. The van der Waals surface area contributed by atoms with Crippen LogP contribution in [0.2, 0.25) is 0 Å². The van der Waals surface area contributed by atoms with Crippen molar-refractivity contribution >= 4 is 16.8 Å². The van der Waals surface area contributed by atoms with Crippen LogP contribution in [0.3, 0.4) is 0 Å². The van der Waals surface area contributed by atoms with Crippen molar-refractivity contribution in [2.75, 3.05) is 20.6 Å². The molecule has 1 aliphatic heterocycles. The van der Waals surface area contributed by atoms with Gasteiger partial charge in [0.1, 0.15) is 6.54 Å². The second-order valence-corrected chi connectivity index (χ2v) is 5.24. The average molecular weight is 257 g/mol. The SMILES string of the molecule is CN(C)C(=O)Cn1c2c(c3ccccc31)CNCC2. The summed E-state index contributed by atoms with van der Waals surface area (Å²) >= 11 is 0. The number of nitrogens with zero attached hydrogens (tertiary/aromatic N) is 2. The van der Waals surface area contributed by atoms with Gasteiger partial charge in [-0.05, 0) is 11.6 Å². The Hall–Kier alpha value is -1.81. The summed E-state index contributed by atoms with van der Waals surface area (Å²) in [7, 11) is 3.62. The number of aromatic nitrogens is 1. The topological polar surface area (TPSA) is 37.3 Å². The predicted molar refractivity (Wildman–Crippen MR) is 76.0 cm³/mol. The third-order valence-corrected chi connectivity index (χ3v) is 3.83.